The van der Waals surface area contributed by atoms with Crippen LogP contribution in [-0.4, -0.2) is 33.5 Å². The summed E-state index contributed by atoms with van der Waals surface area (Å²) in [5.41, 5.74) is 1.75. The molecule has 2 heterocycles. The third-order valence-electron chi connectivity index (χ3n) is 6.18. The Morgan fingerprint density at radius 3 is 2.74 bits per heavy atom. The SMILES string of the molecule is CCC1CCc2c(sc(NC(=O)CSc3nnc(COc4ccc(OC)cc4)n3CC)c2C#N)C1. The minimum Gasteiger partial charge on any atom is -0.497 e. The molecule has 1 atom stereocenters. The first-order valence-corrected chi connectivity index (χ1v) is 13.5. The zero-order valence-corrected chi connectivity index (χ0v) is 21.8. The van der Waals surface area contributed by atoms with Gasteiger partial charge in [0.25, 0.3) is 0 Å². The smallest absolute Gasteiger partial charge is 0.235 e. The van der Waals surface area contributed by atoms with E-state index < -0.39 is 0 Å². The lowest BCUT2D eigenvalue weighted by Crippen LogP contribution is -2.15. The number of rotatable bonds is 10. The molecule has 10 heteroatoms. The number of methoxy groups -OCH3 is 1. The molecule has 1 N–H and O–H groups in total. The summed E-state index contributed by atoms with van der Waals surface area (Å²) in [6.07, 6.45) is 4.16. The summed E-state index contributed by atoms with van der Waals surface area (Å²) < 4.78 is 12.9. The van der Waals surface area contributed by atoms with E-state index in [2.05, 4.69) is 28.5 Å². The van der Waals surface area contributed by atoms with Crippen molar-refractivity contribution in [1.82, 2.24) is 14.8 Å². The molecule has 0 fully saturated rings. The molecule has 35 heavy (non-hydrogen) atoms. The number of nitrogens with one attached hydrogen (secondary N) is 1. The quantitative estimate of drug-likeness (QED) is 0.379. The topological polar surface area (TPSA) is 102 Å². The van der Waals surface area contributed by atoms with Crippen molar-refractivity contribution in [3.8, 4) is 17.6 Å². The number of hydrogen-bond acceptors (Lipinski definition) is 8. The fourth-order valence-electron chi connectivity index (χ4n) is 4.17. The predicted molar refractivity (Wildman–Crippen MR) is 137 cm³/mol. The van der Waals surface area contributed by atoms with Crippen LogP contribution in [0.1, 0.15) is 48.5 Å². The molecule has 1 unspecified atom stereocenters. The maximum Gasteiger partial charge on any atom is 0.235 e. The number of thioether (sulfide) groups is 1. The molecule has 1 aliphatic rings. The number of thiophene rings is 1. The highest BCUT2D eigenvalue weighted by Gasteiger charge is 2.26. The molecule has 2 aromatic heterocycles. The lowest BCUT2D eigenvalue weighted by molar-refractivity contribution is -0.113. The second-order valence-corrected chi connectivity index (χ2v) is 10.3. The molecule has 8 nitrogen and oxygen atoms in total. The normalized spacial score (nSPS) is 14.7. The molecule has 0 saturated carbocycles. The average molecular weight is 512 g/mol. The van der Waals surface area contributed by atoms with Crippen LogP contribution in [0.15, 0.2) is 29.4 Å². The van der Waals surface area contributed by atoms with Gasteiger partial charge < -0.3 is 19.4 Å². The fraction of sp³-hybridized carbons (Fsp3) is 0.440. The standard InChI is InChI=1S/C25H29N5O3S2/c1-4-16-6-11-19-20(13-26)24(35-21(19)12-16)27-23(31)15-34-25-29-28-22(30(25)5-2)14-33-18-9-7-17(32-3)8-10-18/h7-10,16H,4-6,11-12,14-15H2,1-3H3,(H,27,31). The number of ether oxygens (including phenoxy) is 2. The summed E-state index contributed by atoms with van der Waals surface area (Å²) in [5.74, 6) is 2.86. The number of carbonyl (C=O) groups is 1. The number of fused-ring (bicyclic) bond motifs is 1. The molecule has 0 saturated heterocycles. The van der Waals surface area contributed by atoms with Gasteiger partial charge in [0, 0.05) is 11.4 Å². The molecule has 0 spiro atoms. The third kappa shape index (κ3) is 5.80. The first kappa shape index (κ1) is 25.1. The van der Waals surface area contributed by atoms with Crippen LogP contribution in [-0.2, 0) is 30.8 Å². The highest BCUT2D eigenvalue weighted by molar-refractivity contribution is 7.99. The van der Waals surface area contributed by atoms with Crippen molar-refractivity contribution in [1.29, 1.82) is 5.26 Å². The Kier molecular flexibility index (Phi) is 8.31. The van der Waals surface area contributed by atoms with Gasteiger partial charge in [-0.05, 0) is 61.9 Å². The van der Waals surface area contributed by atoms with Gasteiger partial charge in [0.05, 0.1) is 18.4 Å². The predicted octanol–water partition coefficient (Wildman–Crippen LogP) is 5.06. The van der Waals surface area contributed by atoms with Gasteiger partial charge in [-0.3, -0.25) is 4.79 Å². The number of nitrogens with zero attached hydrogens (tertiary/aromatic N) is 4. The van der Waals surface area contributed by atoms with Gasteiger partial charge in [-0.1, -0.05) is 25.1 Å². The molecule has 4 rings (SSSR count). The van der Waals surface area contributed by atoms with Gasteiger partial charge in [-0.2, -0.15) is 5.26 Å². The van der Waals surface area contributed by atoms with E-state index in [1.165, 1.54) is 16.6 Å². The van der Waals surface area contributed by atoms with E-state index in [0.717, 1.165) is 37.0 Å². The first-order valence-electron chi connectivity index (χ1n) is 11.7. The van der Waals surface area contributed by atoms with Crippen molar-refractivity contribution in [2.24, 2.45) is 5.92 Å². The van der Waals surface area contributed by atoms with Crippen molar-refractivity contribution in [3.63, 3.8) is 0 Å². The van der Waals surface area contributed by atoms with Gasteiger partial charge in [-0.25, -0.2) is 0 Å². The Bertz CT molecular complexity index is 1210. The summed E-state index contributed by atoms with van der Waals surface area (Å²) in [5, 5.41) is 22.5. The number of aromatic nitrogens is 3. The minimum atomic E-state index is -0.154. The van der Waals surface area contributed by atoms with Crippen molar-refractivity contribution in [2.45, 2.75) is 57.8 Å². The summed E-state index contributed by atoms with van der Waals surface area (Å²) in [6, 6.07) is 9.66. The zero-order chi connectivity index (χ0) is 24.8. The Morgan fingerprint density at radius 2 is 2.06 bits per heavy atom. The van der Waals surface area contributed by atoms with E-state index in [0.29, 0.717) is 39.8 Å². The Hall–Kier alpha value is -3.03. The number of amides is 1. The number of nitriles is 1. The largest absolute Gasteiger partial charge is 0.497 e. The Morgan fingerprint density at radius 1 is 1.29 bits per heavy atom. The highest BCUT2D eigenvalue weighted by Crippen LogP contribution is 2.40. The maximum absolute atomic E-state index is 12.7. The summed E-state index contributed by atoms with van der Waals surface area (Å²) in [4.78, 5) is 14.0. The third-order valence-corrected chi connectivity index (χ3v) is 8.32. The molecule has 1 aliphatic carbocycles. The van der Waals surface area contributed by atoms with E-state index in [1.54, 1.807) is 18.4 Å². The van der Waals surface area contributed by atoms with E-state index in [4.69, 9.17) is 9.47 Å². The van der Waals surface area contributed by atoms with Crippen LogP contribution in [0, 0.1) is 17.2 Å². The molecule has 1 amide bonds. The van der Waals surface area contributed by atoms with Gasteiger partial charge in [0.2, 0.25) is 5.91 Å². The molecule has 0 radical (unpaired) electrons. The summed E-state index contributed by atoms with van der Waals surface area (Å²) in [6.45, 7) is 5.14. The molecule has 0 bridgehead atoms. The van der Waals surface area contributed by atoms with Crippen LogP contribution < -0.4 is 14.8 Å². The average Bonchev–Trinajstić information content (AvgIpc) is 3.45. The first-order chi connectivity index (χ1) is 17.1. The van der Waals surface area contributed by atoms with Gasteiger partial charge >= 0.3 is 0 Å². The second kappa shape index (κ2) is 11.6. The summed E-state index contributed by atoms with van der Waals surface area (Å²) in [7, 11) is 1.62. The fourth-order valence-corrected chi connectivity index (χ4v) is 6.32. The molecule has 1 aromatic carbocycles. The molecule has 3 aromatic rings. The number of carbonyl (C=O) groups excluding carboxylic acids is 1. The van der Waals surface area contributed by atoms with E-state index in [1.807, 2.05) is 35.8 Å². The van der Waals surface area contributed by atoms with Crippen LogP contribution in [0.3, 0.4) is 0 Å². The van der Waals surface area contributed by atoms with Crippen LogP contribution in [0.5, 0.6) is 11.5 Å². The second-order valence-electron chi connectivity index (χ2n) is 8.28. The van der Waals surface area contributed by atoms with Gasteiger partial charge in [0.1, 0.15) is 29.2 Å². The lowest BCUT2D eigenvalue weighted by atomic mass is 9.86. The van der Waals surface area contributed by atoms with Crippen molar-refractivity contribution >= 4 is 34.0 Å². The molecular weight excluding hydrogens is 482 g/mol. The van der Waals surface area contributed by atoms with Gasteiger partial charge in [0.15, 0.2) is 11.0 Å². The van der Waals surface area contributed by atoms with E-state index in [-0.39, 0.29) is 18.3 Å². The molecular formula is C25H29N5O3S2. The number of hydrogen-bond donors (Lipinski definition) is 1. The molecule has 0 aliphatic heterocycles. The van der Waals surface area contributed by atoms with Crippen LogP contribution in [0.2, 0.25) is 0 Å². The maximum atomic E-state index is 12.7. The minimum absolute atomic E-state index is 0.154. The number of benzene rings is 1. The summed E-state index contributed by atoms with van der Waals surface area (Å²) >= 11 is 2.88. The Labute approximate surface area is 213 Å². The van der Waals surface area contributed by atoms with Crippen molar-refractivity contribution in [2.75, 3.05) is 18.2 Å². The Balaban J connectivity index is 1.36. The highest BCUT2D eigenvalue weighted by atomic mass is 32.2. The van der Waals surface area contributed by atoms with E-state index in [9.17, 15) is 10.1 Å². The van der Waals surface area contributed by atoms with Crippen LogP contribution in [0.4, 0.5) is 5.00 Å². The van der Waals surface area contributed by atoms with Crippen LogP contribution in [0.25, 0.3) is 0 Å². The van der Waals surface area contributed by atoms with Gasteiger partial charge in [-0.15, -0.1) is 21.5 Å². The van der Waals surface area contributed by atoms with E-state index >= 15 is 0 Å². The van der Waals surface area contributed by atoms with Crippen molar-refractivity contribution < 1.29 is 14.3 Å². The number of anilines is 1. The zero-order valence-electron chi connectivity index (χ0n) is 20.2. The van der Waals surface area contributed by atoms with Crippen molar-refractivity contribution in [3.05, 3.63) is 46.1 Å². The monoisotopic (exact) mass is 511 g/mol. The molecule has 184 valence electrons. The lowest BCUT2D eigenvalue weighted by Gasteiger charge is -2.20. The van der Waals surface area contributed by atoms with Crippen LogP contribution >= 0.6 is 23.1 Å².